The second-order valence-corrected chi connectivity index (χ2v) is 7.68. The third kappa shape index (κ3) is 3.53. The number of aromatic nitrogens is 3. The summed E-state index contributed by atoms with van der Waals surface area (Å²) < 4.78 is 35.2. The summed E-state index contributed by atoms with van der Waals surface area (Å²) in [6.45, 7) is 4.99. The number of benzene rings is 1. The van der Waals surface area contributed by atoms with Gasteiger partial charge in [0.2, 0.25) is 10.0 Å². The lowest BCUT2D eigenvalue weighted by molar-refractivity contribution is 0.356. The van der Waals surface area contributed by atoms with Gasteiger partial charge in [0.25, 0.3) is 0 Å². The molecule has 0 spiro atoms. The van der Waals surface area contributed by atoms with Crippen molar-refractivity contribution in [1.82, 2.24) is 19.7 Å². The standard InChI is InChI=1S/C15H20N4O3S/c1-11(2)14(10-19-7-6-16-18-19)17-23(20,21)13-3-4-15-12(9-13)5-8-22-15/h3-4,6-7,9,11,14,17H,5,8,10H2,1-2H3. The molecule has 1 aliphatic rings. The number of ether oxygens (including phenoxy) is 1. The zero-order chi connectivity index (χ0) is 16.4. The van der Waals surface area contributed by atoms with Gasteiger partial charge < -0.3 is 4.74 Å². The van der Waals surface area contributed by atoms with E-state index in [1.54, 1.807) is 35.3 Å². The first-order valence-corrected chi connectivity index (χ1v) is 9.06. The van der Waals surface area contributed by atoms with Crippen LogP contribution in [0.25, 0.3) is 0 Å². The molecular weight excluding hydrogens is 316 g/mol. The normalized spacial score (nSPS) is 15.4. The van der Waals surface area contributed by atoms with Crippen molar-refractivity contribution in [3.63, 3.8) is 0 Å². The van der Waals surface area contributed by atoms with E-state index in [0.29, 0.717) is 13.2 Å². The highest BCUT2D eigenvalue weighted by Gasteiger charge is 2.25. The smallest absolute Gasteiger partial charge is 0.240 e. The van der Waals surface area contributed by atoms with Crippen LogP contribution in [0.2, 0.25) is 0 Å². The van der Waals surface area contributed by atoms with Gasteiger partial charge in [-0.15, -0.1) is 5.10 Å². The van der Waals surface area contributed by atoms with E-state index in [9.17, 15) is 8.42 Å². The van der Waals surface area contributed by atoms with E-state index in [-0.39, 0.29) is 16.9 Å². The summed E-state index contributed by atoms with van der Waals surface area (Å²) in [5.41, 5.74) is 0.935. The highest BCUT2D eigenvalue weighted by molar-refractivity contribution is 7.89. The Morgan fingerprint density at radius 1 is 1.39 bits per heavy atom. The van der Waals surface area contributed by atoms with E-state index in [0.717, 1.165) is 17.7 Å². The van der Waals surface area contributed by atoms with Crippen LogP contribution < -0.4 is 9.46 Å². The lowest BCUT2D eigenvalue weighted by Crippen LogP contribution is -2.41. The van der Waals surface area contributed by atoms with Gasteiger partial charge in [-0.3, -0.25) is 4.68 Å². The predicted octanol–water partition coefficient (Wildman–Crippen LogP) is 1.22. The van der Waals surface area contributed by atoms with Crippen molar-refractivity contribution in [2.45, 2.75) is 37.8 Å². The van der Waals surface area contributed by atoms with Gasteiger partial charge in [0.1, 0.15) is 5.75 Å². The molecule has 0 bridgehead atoms. The summed E-state index contributed by atoms with van der Waals surface area (Å²) in [5.74, 6) is 0.888. The van der Waals surface area contributed by atoms with Crippen LogP contribution in [-0.4, -0.2) is 36.1 Å². The molecule has 3 rings (SSSR count). The minimum Gasteiger partial charge on any atom is -0.493 e. The van der Waals surface area contributed by atoms with Crippen molar-refractivity contribution in [2.75, 3.05) is 6.61 Å². The SMILES string of the molecule is CC(C)C(Cn1ccnn1)NS(=O)(=O)c1ccc2c(c1)CCO2. The maximum atomic E-state index is 12.7. The Labute approximate surface area is 135 Å². The Morgan fingerprint density at radius 2 is 2.22 bits per heavy atom. The van der Waals surface area contributed by atoms with E-state index >= 15 is 0 Å². The van der Waals surface area contributed by atoms with Crippen LogP contribution in [0.1, 0.15) is 19.4 Å². The molecule has 0 radical (unpaired) electrons. The highest BCUT2D eigenvalue weighted by Crippen LogP contribution is 2.27. The Balaban J connectivity index is 1.80. The Bertz CT molecular complexity index is 772. The third-order valence-electron chi connectivity index (χ3n) is 3.94. The molecule has 1 atom stereocenters. The quantitative estimate of drug-likeness (QED) is 0.857. The molecule has 0 saturated heterocycles. The van der Waals surface area contributed by atoms with E-state index in [1.165, 1.54) is 0 Å². The van der Waals surface area contributed by atoms with E-state index in [4.69, 9.17) is 4.74 Å². The largest absolute Gasteiger partial charge is 0.493 e. The van der Waals surface area contributed by atoms with Crippen molar-refractivity contribution < 1.29 is 13.2 Å². The van der Waals surface area contributed by atoms with Gasteiger partial charge in [-0.05, 0) is 29.7 Å². The molecule has 2 heterocycles. The van der Waals surface area contributed by atoms with Gasteiger partial charge in [0.05, 0.1) is 24.2 Å². The first-order valence-electron chi connectivity index (χ1n) is 7.58. The summed E-state index contributed by atoms with van der Waals surface area (Å²) in [5, 5.41) is 7.65. The Hall–Kier alpha value is -1.93. The Kier molecular flexibility index (Phi) is 4.36. The van der Waals surface area contributed by atoms with Crippen molar-refractivity contribution in [1.29, 1.82) is 0 Å². The number of nitrogens with one attached hydrogen (secondary N) is 1. The van der Waals surface area contributed by atoms with Crippen LogP contribution in [0.4, 0.5) is 0 Å². The maximum Gasteiger partial charge on any atom is 0.240 e. The van der Waals surface area contributed by atoms with Crippen molar-refractivity contribution in [3.05, 3.63) is 36.2 Å². The second kappa shape index (κ2) is 6.29. The summed E-state index contributed by atoms with van der Waals surface area (Å²) in [6.07, 6.45) is 4.04. The summed E-state index contributed by atoms with van der Waals surface area (Å²) in [7, 11) is -3.60. The molecule has 0 fully saturated rings. The van der Waals surface area contributed by atoms with Crippen LogP contribution in [0.3, 0.4) is 0 Å². The summed E-state index contributed by atoms with van der Waals surface area (Å²) >= 11 is 0. The minimum atomic E-state index is -3.60. The molecule has 23 heavy (non-hydrogen) atoms. The molecule has 1 N–H and O–H groups in total. The number of hydrogen-bond donors (Lipinski definition) is 1. The molecule has 2 aromatic rings. The summed E-state index contributed by atoms with van der Waals surface area (Å²) in [4.78, 5) is 0.269. The van der Waals surface area contributed by atoms with E-state index in [1.807, 2.05) is 13.8 Å². The second-order valence-electron chi connectivity index (χ2n) is 5.96. The maximum absolute atomic E-state index is 12.7. The third-order valence-corrected chi connectivity index (χ3v) is 5.43. The molecule has 1 unspecified atom stereocenters. The molecule has 124 valence electrons. The summed E-state index contributed by atoms with van der Waals surface area (Å²) in [6, 6.07) is 4.72. The van der Waals surface area contributed by atoms with Crippen molar-refractivity contribution >= 4 is 10.0 Å². The molecule has 0 saturated carbocycles. The van der Waals surface area contributed by atoms with Crippen molar-refractivity contribution in [3.8, 4) is 5.75 Å². The van der Waals surface area contributed by atoms with Gasteiger partial charge in [-0.2, -0.15) is 0 Å². The molecular formula is C15H20N4O3S. The monoisotopic (exact) mass is 336 g/mol. The fraction of sp³-hybridized carbons (Fsp3) is 0.467. The van der Waals surface area contributed by atoms with Gasteiger partial charge >= 0.3 is 0 Å². The number of rotatable bonds is 6. The molecule has 0 amide bonds. The van der Waals surface area contributed by atoms with Crippen LogP contribution in [0.15, 0.2) is 35.5 Å². The van der Waals surface area contributed by atoms with Gasteiger partial charge in [0.15, 0.2) is 0 Å². The van der Waals surface area contributed by atoms with Crippen LogP contribution in [0.5, 0.6) is 5.75 Å². The fourth-order valence-corrected chi connectivity index (χ4v) is 3.94. The Morgan fingerprint density at radius 3 is 2.91 bits per heavy atom. The predicted molar refractivity (Wildman–Crippen MR) is 84.6 cm³/mol. The van der Waals surface area contributed by atoms with E-state index in [2.05, 4.69) is 15.0 Å². The number of fused-ring (bicyclic) bond motifs is 1. The molecule has 8 heteroatoms. The average Bonchev–Trinajstić information content (AvgIpc) is 3.16. The molecule has 7 nitrogen and oxygen atoms in total. The zero-order valence-corrected chi connectivity index (χ0v) is 14.0. The lowest BCUT2D eigenvalue weighted by Gasteiger charge is -2.22. The lowest BCUT2D eigenvalue weighted by atomic mass is 10.1. The topological polar surface area (TPSA) is 86.1 Å². The fourth-order valence-electron chi connectivity index (χ4n) is 2.51. The van der Waals surface area contributed by atoms with Crippen LogP contribution in [0, 0.1) is 5.92 Å². The first-order chi connectivity index (χ1) is 11.0. The van der Waals surface area contributed by atoms with Crippen LogP contribution >= 0.6 is 0 Å². The average molecular weight is 336 g/mol. The van der Waals surface area contributed by atoms with Crippen LogP contribution in [-0.2, 0) is 23.0 Å². The van der Waals surface area contributed by atoms with Gasteiger partial charge in [0, 0.05) is 18.7 Å². The molecule has 1 aliphatic heterocycles. The molecule has 1 aromatic carbocycles. The number of hydrogen-bond acceptors (Lipinski definition) is 5. The molecule has 0 aliphatic carbocycles. The van der Waals surface area contributed by atoms with E-state index < -0.39 is 10.0 Å². The van der Waals surface area contributed by atoms with Crippen molar-refractivity contribution in [2.24, 2.45) is 5.92 Å². The number of sulfonamides is 1. The zero-order valence-electron chi connectivity index (χ0n) is 13.1. The van der Waals surface area contributed by atoms with Gasteiger partial charge in [-0.25, -0.2) is 13.1 Å². The van der Waals surface area contributed by atoms with Gasteiger partial charge in [-0.1, -0.05) is 19.1 Å². The molecule has 1 aromatic heterocycles. The highest BCUT2D eigenvalue weighted by atomic mass is 32.2. The number of nitrogens with zero attached hydrogens (tertiary/aromatic N) is 3. The minimum absolute atomic E-state index is 0.117. The first kappa shape index (κ1) is 15.9.